The second kappa shape index (κ2) is 5.01. The van der Waals surface area contributed by atoms with E-state index in [4.69, 9.17) is 0 Å². The Morgan fingerprint density at radius 2 is 1.94 bits per heavy atom. The SMILES string of the molecule is C=CC1CC(=O)N(C2CCN(S(C)(=O)=O)CC2)C1. The lowest BCUT2D eigenvalue weighted by Gasteiger charge is -2.35. The number of nitrogens with zero attached hydrogens (tertiary/aromatic N) is 2. The molecule has 0 aromatic rings. The predicted octanol–water partition coefficient (Wildman–Crippen LogP) is 0.445. The fourth-order valence-corrected chi connectivity index (χ4v) is 3.63. The molecule has 0 aromatic heterocycles. The van der Waals surface area contributed by atoms with Crippen molar-refractivity contribution in [2.24, 2.45) is 5.92 Å². The summed E-state index contributed by atoms with van der Waals surface area (Å²) in [6, 6.07) is 0.195. The van der Waals surface area contributed by atoms with Crippen LogP contribution in [0.25, 0.3) is 0 Å². The second-order valence-corrected chi connectivity index (χ2v) is 7.12. The Kier molecular flexibility index (Phi) is 3.77. The third kappa shape index (κ3) is 2.75. The highest BCUT2D eigenvalue weighted by Gasteiger charge is 2.35. The average Bonchev–Trinajstić information content (AvgIpc) is 2.70. The molecule has 2 aliphatic rings. The first-order valence-corrected chi connectivity index (χ1v) is 8.14. The molecule has 0 aliphatic carbocycles. The van der Waals surface area contributed by atoms with E-state index < -0.39 is 10.0 Å². The Morgan fingerprint density at radius 1 is 1.33 bits per heavy atom. The van der Waals surface area contributed by atoms with Gasteiger partial charge in [0.15, 0.2) is 0 Å². The first-order chi connectivity index (χ1) is 8.41. The van der Waals surface area contributed by atoms with Crippen LogP contribution in [-0.2, 0) is 14.8 Å². The van der Waals surface area contributed by atoms with E-state index >= 15 is 0 Å². The number of sulfonamides is 1. The molecule has 0 N–H and O–H groups in total. The Morgan fingerprint density at radius 3 is 2.39 bits per heavy atom. The van der Waals surface area contributed by atoms with Crippen molar-refractivity contribution in [1.29, 1.82) is 0 Å². The van der Waals surface area contributed by atoms with Crippen LogP contribution in [0.4, 0.5) is 0 Å². The van der Waals surface area contributed by atoms with E-state index in [9.17, 15) is 13.2 Å². The van der Waals surface area contributed by atoms with E-state index in [1.54, 1.807) is 0 Å². The number of carbonyl (C=O) groups excluding carboxylic acids is 1. The van der Waals surface area contributed by atoms with Gasteiger partial charge >= 0.3 is 0 Å². The van der Waals surface area contributed by atoms with Gasteiger partial charge in [-0.2, -0.15) is 0 Å². The topological polar surface area (TPSA) is 57.7 Å². The number of hydrogen-bond donors (Lipinski definition) is 0. The van der Waals surface area contributed by atoms with Gasteiger partial charge in [0, 0.05) is 38.0 Å². The van der Waals surface area contributed by atoms with Crippen molar-refractivity contribution in [3.05, 3.63) is 12.7 Å². The standard InChI is InChI=1S/C12H20N2O3S/c1-3-10-8-12(15)14(9-10)11-4-6-13(7-5-11)18(2,16)17/h3,10-11H,1,4-9H2,2H3. The van der Waals surface area contributed by atoms with Crippen molar-refractivity contribution in [3.63, 3.8) is 0 Å². The molecule has 1 amide bonds. The lowest BCUT2D eigenvalue weighted by molar-refractivity contribution is -0.130. The quantitative estimate of drug-likeness (QED) is 0.701. The van der Waals surface area contributed by atoms with E-state index in [0.717, 1.165) is 19.4 Å². The summed E-state index contributed by atoms with van der Waals surface area (Å²) in [5.74, 6) is 0.433. The van der Waals surface area contributed by atoms with Crippen LogP contribution < -0.4 is 0 Å². The molecular weight excluding hydrogens is 252 g/mol. The maximum Gasteiger partial charge on any atom is 0.223 e. The average molecular weight is 272 g/mol. The normalized spacial score (nSPS) is 27.7. The van der Waals surface area contributed by atoms with Crippen molar-refractivity contribution < 1.29 is 13.2 Å². The molecule has 0 bridgehead atoms. The number of amides is 1. The number of piperidine rings is 1. The third-order valence-electron chi connectivity index (χ3n) is 3.85. The molecule has 2 fully saturated rings. The summed E-state index contributed by atoms with van der Waals surface area (Å²) >= 11 is 0. The van der Waals surface area contributed by atoms with Crippen molar-refractivity contribution in [1.82, 2.24) is 9.21 Å². The van der Waals surface area contributed by atoms with Gasteiger partial charge in [-0.15, -0.1) is 6.58 Å². The van der Waals surface area contributed by atoms with Gasteiger partial charge in [-0.1, -0.05) is 6.08 Å². The summed E-state index contributed by atoms with van der Waals surface area (Å²) in [5.41, 5.74) is 0. The molecule has 18 heavy (non-hydrogen) atoms. The largest absolute Gasteiger partial charge is 0.339 e. The summed E-state index contributed by atoms with van der Waals surface area (Å²) < 4.78 is 24.3. The molecule has 5 nitrogen and oxygen atoms in total. The zero-order valence-electron chi connectivity index (χ0n) is 10.7. The smallest absolute Gasteiger partial charge is 0.223 e. The van der Waals surface area contributed by atoms with E-state index in [1.165, 1.54) is 10.6 Å². The molecule has 102 valence electrons. The van der Waals surface area contributed by atoms with Crippen molar-refractivity contribution in [2.45, 2.75) is 25.3 Å². The molecule has 6 heteroatoms. The van der Waals surface area contributed by atoms with Crippen LogP contribution in [0, 0.1) is 5.92 Å². The lowest BCUT2D eigenvalue weighted by atomic mass is 10.1. The van der Waals surface area contributed by atoms with Crippen LogP contribution in [0.1, 0.15) is 19.3 Å². The van der Waals surface area contributed by atoms with Gasteiger partial charge in [0.2, 0.25) is 15.9 Å². The predicted molar refractivity (Wildman–Crippen MR) is 69.5 cm³/mol. The molecule has 0 radical (unpaired) electrons. The summed E-state index contributed by atoms with van der Waals surface area (Å²) in [7, 11) is -3.09. The maximum atomic E-state index is 11.9. The van der Waals surface area contributed by atoms with Gasteiger partial charge in [-0.05, 0) is 12.8 Å². The Hall–Kier alpha value is -0.880. The molecule has 0 spiro atoms. The van der Waals surface area contributed by atoms with Crippen molar-refractivity contribution in [3.8, 4) is 0 Å². The Bertz CT molecular complexity index is 438. The zero-order valence-corrected chi connectivity index (χ0v) is 11.5. The van der Waals surface area contributed by atoms with Crippen molar-refractivity contribution >= 4 is 15.9 Å². The minimum absolute atomic E-state index is 0.178. The first-order valence-electron chi connectivity index (χ1n) is 6.29. The third-order valence-corrected chi connectivity index (χ3v) is 5.16. The molecule has 2 aliphatic heterocycles. The van der Waals surface area contributed by atoms with E-state index in [0.29, 0.717) is 19.5 Å². The number of hydrogen-bond acceptors (Lipinski definition) is 3. The maximum absolute atomic E-state index is 11.9. The fraction of sp³-hybridized carbons (Fsp3) is 0.750. The molecule has 1 unspecified atom stereocenters. The summed E-state index contributed by atoms with van der Waals surface area (Å²) in [5, 5.41) is 0. The fourth-order valence-electron chi connectivity index (χ4n) is 2.76. The highest BCUT2D eigenvalue weighted by Crippen LogP contribution is 2.26. The highest BCUT2D eigenvalue weighted by atomic mass is 32.2. The Labute approximate surface area is 108 Å². The van der Waals surface area contributed by atoms with Crippen LogP contribution >= 0.6 is 0 Å². The molecule has 2 heterocycles. The van der Waals surface area contributed by atoms with Gasteiger partial charge in [-0.25, -0.2) is 12.7 Å². The minimum Gasteiger partial charge on any atom is -0.339 e. The van der Waals surface area contributed by atoms with Crippen LogP contribution in [0.3, 0.4) is 0 Å². The van der Waals surface area contributed by atoms with E-state index in [1.807, 2.05) is 11.0 Å². The lowest BCUT2D eigenvalue weighted by Crippen LogP contribution is -2.46. The molecule has 2 rings (SSSR count). The number of carbonyl (C=O) groups is 1. The van der Waals surface area contributed by atoms with Crippen LogP contribution in [0.2, 0.25) is 0 Å². The summed E-state index contributed by atoms with van der Waals surface area (Å²) in [6.45, 7) is 5.52. The van der Waals surface area contributed by atoms with Crippen LogP contribution in [0.15, 0.2) is 12.7 Å². The van der Waals surface area contributed by atoms with Crippen molar-refractivity contribution in [2.75, 3.05) is 25.9 Å². The minimum atomic E-state index is -3.09. The summed E-state index contributed by atoms with van der Waals surface area (Å²) in [4.78, 5) is 13.8. The molecule has 1 atom stereocenters. The van der Waals surface area contributed by atoms with Gasteiger partial charge in [-0.3, -0.25) is 4.79 Å². The van der Waals surface area contributed by atoms with Crippen LogP contribution in [-0.4, -0.2) is 55.5 Å². The van der Waals surface area contributed by atoms with E-state index in [2.05, 4.69) is 6.58 Å². The zero-order chi connectivity index (χ0) is 13.3. The Balaban J connectivity index is 1.94. The van der Waals surface area contributed by atoms with Gasteiger partial charge in [0.05, 0.1) is 6.26 Å². The van der Waals surface area contributed by atoms with Crippen LogP contribution in [0.5, 0.6) is 0 Å². The number of likely N-dealkylation sites (tertiary alicyclic amines) is 1. The monoisotopic (exact) mass is 272 g/mol. The first kappa shape index (κ1) is 13.5. The molecule has 0 saturated carbocycles. The molecular formula is C12H20N2O3S. The second-order valence-electron chi connectivity index (χ2n) is 5.14. The number of rotatable bonds is 3. The molecule has 0 aromatic carbocycles. The van der Waals surface area contributed by atoms with Gasteiger partial charge in [0.25, 0.3) is 0 Å². The molecule has 2 saturated heterocycles. The highest BCUT2D eigenvalue weighted by molar-refractivity contribution is 7.88. The van der Waals surface area contributed by atoms with E-state index in [-0.39, 0.29) is 17.9 Å². The van der Waals surface area contributed by atoms with Gasteiger partial charge < -0.3 is 4.90 Å². The summed E-state index contributed by atoms with van der Waals surface area (Å²) in [6.07, 6.45) is 5.10. The van der Waals surface area contributed by atoms with Gasteiger partial charge in [0.1, 0.15) is 0 Å².